The SMILES string of the molecule is COc1c2c(cc3oc(C[C@@H]4O[C@H](CO)[C@@H](O)[C@H](O)[C@H]4O)cc(=O)c13)O[C@H](C(C)(C)O)C2. The van der Waals surface area contributed by atoms with E-state index in [4.69, 9.17) is 18.6 Å². The van der Waals surface area contributed by atoms with E-state index in [1.807, 2.05) is 0 Å². The van der Waals surface area contributed by atoms with Crippen LogP contribution in [0.5, 0.6) is 11.5 Å². The first kappa shape index (κ1) is 23.0. The number of fused-ring (bicyclic) bond motifs is 2. The van der Waals surface area contributed by atoms with Gasteiger partial charge in [-0.25, -0.2) is 0 Å². The van der Waals surface area contributed by atoms with Gasteiger partial charge in [0.2, 0.25) is 0 Å². The molecular formula is C22H28O10. The van der Waals surface area contributed by atoms with Crippen molar-refractivity contribution in [3.63, 3.8) is 0 Å². The Bertz CT molecular complexity index is 1050. The lowest BCUT2D eigenvalue weighted by molar-refractivity contribution is -0.229. The highest BCUT2D eigenvalue weighted by Gasteiger charge is 2.44. The van der Waals surface area contributed by atoms with E-state index in [0.29, 0.717) is 23.5 Å². The van der Waals surface area contributed by atoms with Gasteiger partial charge in [-0.15, -0.1) is 0 Å². The molecule has 0 bridgehead atoms. The average Bonchev–Trinajstić information content (AvgIpc) is 3.17. The number of methoxy groups -OCH3 is 1. The highest BCUT2D eigenvalue weighted by molar-refractivity contribution is 5.87. The third-order valence-corrected chi connectivity index (χ3v) is 6.13. The lowest BCUT2D eigenvalue weighted by atomic mass is 9.93. The van der Waals surface area contributed by atoms with Crippen LogP contribution < -0.4 is 14.9 Å². The molecule has 2 aliphatic rings. The summed E-state index contributed by atoms with van der Waals surface area (Å²) in [7, 11) is 1.44. The Morgan fingerprint density at radius 3 is 2.44 bits per heavy atom. The predicted octanol–water partition coefficient (Wildman–Crippen LogP) is -0.739. The normalized spacial score (nSPS) is 30.2. The maximum absolute atomic E-state index is 13.0. The Kier molecular flexibility index (Phi) is 5.95. The number of aliphatic hydroxyl groups excluding tert-OH is 4. The van der Waals surface area contributed by atoms with Crippen LogP contribution in [0.15, 0.2) is 21.3 Å². The highest BCUT2D eigenvalue weighted by atomic mass is 16.5. The van der Waals surface area contributed by atoms with Gasteiger partial charge in [-0.2, -0.15) is 0 Å². The minimum atomic E-state index is -1.52. The monoisotopic (exact) mass is 452 g/mol. The van der Waals surface area contributed by atoms with Crippen LogP contribution in [0.3, 0.4) is 0 Å². The second kappa shape index (κ2) is 8.29. The number of ether oxygens (including phenoxy) is 3. The van der Waals surface area contributed by atoms with Crippen LogP contribution in [-0.4, -0.2) is 81.5 Å². The van der Waals surface area contributed by atoms with Crippen LogP contribution in [0.25, 0.3) is 11.0 Å². The number of aliphatic hydroxyl groups is 5. The van der Waals surface area contributed by atoms with Gasteiger partial charge in [-0.1, -0.05) is 0 Å². The summed E-state index contributed by atoms with van der Waals surface area (Å²) in [6.07, 6.45) is -6.75. The standard InChI is InChI=1S/C22H28O10/c1-22(2,28)16-6-10-12(32-16)7-13-17(21(10)29-3)11(24)4-9(30-13)5-14-18(25)20(27)19(26)15(8-23)31-14/h4,7,14-16,18-20,23,25-28H,5-6,8H2,1-3H3/t14-,15+,16-,18-,19+,20+/m0/s1. The fourth-order valence-electron chi connectivity index (χ4n) is 4.30. The van der Waals surface area contributed by atoms with E-state index in [1.54, 1.807) is 19.9 Å². The second-order valence-electron chi connectivity index (χ2n) is 8.87. The lowest BCUT2D eigenvalue weighted by Gasteiger charge is -2.39. The van der Waals surface area contributed by atoms with Gasteiger partial charge < -0.3 is 44.2 Å². The molecule has 0 saturated carbocycles. The predicted molar refractivity (Wildman–Crippen MR) is 111 cm³/mol. The van der Waals surface area contributed by atoms with Crippen molar-refractivity contribution in [2.75, 3.05) is 13.7 Å². The molecule has 4 rings (SSSR count). The zero-order chi connectivity index (χ0) is 23.4. The van der Waals surface area contributed by atoms with E-state index in [2.05, 4.69) is 0 Å². The van der Waals surface area contributed by atoms with Crippen LogP contribution in [0.1, 0.15) is 25.2 Å². The molecule has 1 saturated heterocycles. The van der Waals surface area contributed by atoms with Gasteiger partial charge in [0.1, 0.15) is 58.7 Å². The van der Waals surface area contributed by atoms with Crippen LogP contribution in [0.4, 0.5) is 0 Å². The molecule has 3 heterocycles. The topological polar surface area (TPSA) is 159 Å². The van der Waals surface area contributed by atoms with Crippen molar-refractivity contribution in [3.8, 4) is 11.5 Å². The van der Waals surface area contributed by atoms with Crippen molar-refractivity contribution in [2.45, 2.75) is 68.9 Å². The first-order valence-corrected chi connectivity index (χ1v) is 10.4. The summed E-state index contributed by atoms with van der Waals surface area (Å²) in [6.45, 7) is 2.72. The van der Waals surface area contributed by atoms with Gasteiger partial charge in [0.15, 0.2) is 5.43 Å². The smallest absolute Gasteiger partial charge is 0.196 e. The lowest BCUT2D eigenvalue weighted by Crippen LogP contribution is -2.59. The fourth-order valence-corrected chi connectivity index (χ4v) is 4.30. The van der Waals surface area contributed by atoms with E-state index >= 15 is 0 Å². The molecule has 0 radical (unpaired) electrons. The van der Waals surface area contributed by atoms with Crippen LogP contribution in [-0.2, 0) is 17.6 Å². The minimum Gasteiger partial charge on any atom is -0.495 e. The van der Waals surface area contributed by atoms with E-state index in [-0.39, 0.29) is 28.6 Å². The molecule has 32 heavy (non-hydrogen) atoms. The Morgan fingerprint density at radius 1 is 1.12 bits per heavy atom. The van der Waals surface area contributed by atoms with Crippen LogP contribution >= 0.6 is 0 Å². The van der Waals surface area contributed by atoms with Crippen molar-refractivity contribution in [1.82, 2.24) is 0 Å². The summed E-state index contributed by atoms with van der Waals surface area (Å²) < 4.78 is 22.8. The molecular weight excluding hydrogens is 424 g/mol. The average molecular weight is 452 g/mol. The van der Waals surface area contributed by atoms with Crippen LogP contribution in [0.2, 0.25) is 0 Å². The largest absolute Gasteiger partial charge is 0.495 e. The van der Waals surface area contributed by atoms with Gasteiger partial charge in [0, 0.05) is 30.5 Å². The third-order valence-electron chi connectivity index (χ3n) is 6.13. The fraction of sp³-hybridized carbons (Fsp3) is 0.591. The van der Waals surface area contributed by atoms with E-state index < -0.39 is 48.8 Å². The summed E-state index contributed by atoms with van der Waals surface area (Å²) in [4.78, 5) is 13.0. The van der Waals surface area contributed by atoms with Crippen molar-refractivity contribution < 1.29 is 44.2 Å². The zero-order valence-electron chi connectivity index (χ0n) is 18.0. The first-order chi connectivity index (χ1) is 15.0. The Morgan fingerprint density at radius 2 is 1.81 bits per heavy atom. The molecule has 5 N–H and O–H groups in total. The van der Waals surface area contributed by atoms with Crippen molar-refractivity contribution in [1.29, 1.82) is 0 Å². The Labute approximate surface area is 183 Å². The molecule has 10 nitrogen and oxygen atoms in total. The Balaban J connectivity index is 1.71. The first-order valence-electron chi connectivity index (χ1n) is 10.4. The van der Waals surface area contributed by atoms with Crippen molar-refractivity contribution in [3.05, 3.63) is 33.7 Å². The van der Waals surface area contributed by atoms with E-state index in [0.717, 1.165) is 0 Å². The second-order valence-corrected chi connectivity index (χ2v) is 8.87. The van der Waals surface area contributed by atoms with Gasteiger partial charge in [0.05, 0.1) is 25.4 Å². The molecule has 0 amide bonds. The molecule has 1 fully saturated rings. The van der Waals surface area contributed by atoms with Gasteiger partial charge in [-0.3, -0.25) is 4.79 Å². The minimum absolute atomic E-state index is 0.0841. The van der Waals surface area contributed by atoms with Gasteiger partial charge >= 0.3 is 0 Å². The zero-order valence-corrected chi connectivity index (χ0v) is 18.0. The third kappa shape index (κ3) is 3.87. The summed E-state index contributed by atoms with van der Waals surface area (Å²) >= 11 is 0. The summed E-state index contributed by atoms with van der Waals surface area (Å²) in [6, 6.07) is 2.82. The molecule has 6 atom stereocenters. The van der Waals surface area contributed by atoms with Gasteiger partial charge in [0.25, 0.3) is 0 Å². The van der Waals surface area contributed by atoms with Crippen molar-refractivity contribution in [2.24, 2.45) is 0 Å². The summed E-state index contributed by atoms with van der Waals surface area (Å²) in [5, 5.41) is 50.1. The maximum atomic E-state index is 13.0. The molecule has 1 aromatic heterocycles. The molecule has 176 valence electrons. The number of hydrogen-bond donors (Lipinski definition) is 5. The molecule has 0 spiro atoms. The quantitative estimate of drug-likeness (QED) is 0.391. The Hall–Kier alpha value is -2.21. The maximum Gasteiger partial charge on any atom is 0.196 e. The highest BCUT2D eigenvalue weighted by Crippen LogP contribution is 2.43. The van der Waals surface area contributed by atoms with Crippen LogP contribution in [0, 0.1) is 0 Å². The summed E-state index contributed by atoms with van der Waals surface area (Å²) in [5.41, 5.74) is -0.621. The number of rotatable bonds is 5. The number of benzene rings is 1. The van der Waals surface area contributed by atoms with E-state index in [9.17, 15) is 30.3 Å². The molecule has 0 aliphatic carbocycles. The summed E-state index contributed by atoms with van der Waals surface area (Å²) in [5.74, 6) is 0.929. The van der Waals surface area contributed by atoms with Gasteiger partial charge in [-0.05, 0) is 13.8 Å². The van der Waals surface area contributed by atoms with E-state index in [1.165, 1.54) is 13.2 Å². The van der Waals surface area contributed by atoms with Crippen molar-refractivity contribution >= 4 is 11.0 Å². The molecule has 0 unspecified atom stereocenters. The molecule has 1 aromatic carbocycles. The molecule has 10 heteroatoms. The number of hydrogen-bond acceptors (Lipinski definition) is 10. The molecule has 2 aliphatic heterocycles. The molecule has 2 aromatic rings.